The smallest absolute Gasteiger partial charge is 0.0764 e. The molecule has 10 heavy (non-hydrogen) atoms. The highest BCUT2D eigenvalue weighted by Gasteiger charge is 2.39. The zero-order chi connectivity index (χ0) is 7.72. The van der Waals surface area contributed by atoms with Crippen LogP contribution in [0.5, 0.6) is 0 Å². The third kappa shape index (κ3) is 0.898. The maximum absolute atomic E-state index is 8.75. The summed E-state index contributed by atoms with van der Waals surface area (Å²) in [6, 6.07) is 0. The fourth-order valence-electron chi connectivity index (χ4n) is 1.42. The van der Waals surface area contributed by atoms with Crippen molar-refractivity contribution in [2.24, 2.45) is 11.8 Å². The summed E-state index contributed by atoms with van der Waals surface area (Å²) in [6.45, 7) is 3.80. The highest BCUT2D eigenvalue weighted by molar-refractivity contribution is 6.15. The fourth-order valence-corrected chi connectivity index (χ4v) is 1.42. The van der Waals surface area contributed by atoms with E-state index in [1.807, 2.05) is 0 Å². The molecule has 0 heterocycles. The largest absolute Gasteiger partial charge is 0.396 e. The average molecular weight is 138 g/mol. The minimum atomic E-state index is -0.109. The lowest BCUT2D eigenvalue weighted by atomic mass is 9.53. The van der Waals surface area contributed by atoms with Gasteiger partial charge in [0.25, 0.3) is 0 Å². The quantitative estimate of drug-likeness (QED) is 0.407. The number of aliphatic hydroxyl groups is 2. The van der Waals surface area contributed by atoms with Gasteiger partial charge in [-0.05, 0) is 5.92 Å². The highest BCUT2D eigenvalue weighted by atomic mass is 16.3. The first-order valence-electron chi connectivity index (χ1n) is 3.38. The Labute approximate surface area is 62.0 Å². The van der Waals surface area contributed by atoms with Gasteiger partial charge in [-0.3, -0.25) is 0 Å². The fraction of sp³-hybridized carbons (Fsp3) is 0.714. The molecule has 0 aromatic carbocycles. The number of hydrogen-bond acceptors (Lipinski definition) is 2. The molecule has 0 aromatic rings. The van der Waals surface area contributed by atoms with Crippen molar-refractivity contribution in [2.75, 3.05) is 13.2 Å². The lowest BCUT2D eigenvalue weighted by Gasteiger charge is -2.44. The molecular formula is C7H11BO2. The van der Waals surface area contributed by atoms with Gasteiger partial charge < -0.3 is 10.2 Å². The maximum Gasteiger partial charge on any atom is 0.0764 e. The first-order chi connectivity index (χ1) is 4.72. The standard InChI is InChI=1S/C7H11BO2/c1-4-5(2-9)6(3-10)7(4)8/h5-7,9-10H,1-3H2. The molecule has 54 valence electrons. The SMILES string of the molecule is [B]C1C(=C)C(CO)C1CO. The van der Waals surface area contributed by atoms with Crippen LogP contribution in [-0.4, -0.2) is 31.3 Å². The second-order valence-electron chi connectivity index (χ2n) is 2.74. The van der Waals surface area contributed by atoms with Gasteiger partial charge in [-0.2, -0.15) is 0 Å². The molecule has 3 heteroatoms. The van der Waals surface area contributed by atoms with E-state index in [0.717, 1.165) is 5.57 Å². The molecule has 1 fully saturated rings. The molecule has 0 aliphatic heterocycles. The van der Waals surface area contributed by atoms with Gasteiger partial charge in [0.2, 0.25) is 0 Å². The summed E-state index contributed by atoms with van der Waals surface area (Å²) >= 11 is 0. The van der Waals surface area contributed by atoms with Crippen LogP contribution in [0.3, 0.4) is 0 Å². The molecule has 0 spiro atoms. The number of rotatable bonds is 2. The van der Waals surface area contributed by atoms with Crippen LogP contribution in [0.15, 0.2) is 12.2 Å². The molecule has 1 aliphatic carbocycles. The molecule has 3 unspecified atom stereocenters. The van der Waals surface area contributed by atoms with Crippen molar-refractivity contribution in [2.45, 2.75) is 5.82 Å². The van der Waals surface area contributed by atoms with E-state index in [4.69, 9.17) is 18.1 Å². The van der Waals surface area contributed by atoms with Crippen LogP contribution in [0.1, 0.15) is 0 Å². The molecule has 0 saturated heterocycles. The van der Waals surface area contributed by atoms with Crippen molar-refractivity contribution >= 4 is 7.85 Å². The van der Waals surface area contributed by atoms with Crippen molar-refractivity contribution in [3.8, 4) is 0 Å². The molecule has 2 radical (unpaired) electrons. The van der Waals surface area contributed by atoms with Crippen LogP contribution in [-0.2, 0) is 0 Å². The minimum Gasteiger partial charge on any atom is -0.396 e. The van der Waals surface area contributed by atoms with E-state index in [9.17, 15) is 0 Å². The van der Waals surface area contributed by atoms with Gasteiger partial charge in [-0.25, -0.2) is 0 Å². The van der Waals surface area contributed by atoms with Gasteiger partial charge in [0.15, 0.2) is 0 Å². The molecule has 0 amide bonds. The summed E-state index contributed by atoms with van der Waals surface area (Å²) in [6.07, 6.45) is 0. The van der Waals surface area contributed by atoms with Crippen LogP contribution in [0.4, 0.5) is 0 Å². The summed E-state index contributed by atoms with van der Waals surface area (Å²) in [5.74, 6) is -0.0559. The Balaban J connectivity index is 2.52. The van der Waals surface area contributed by atoms with Crippen molar-refractivity contribution in [1.82, 2.24) is 0 Å². The first-order valence-corrected chi connectivity index (χ1v) is 3.38. The predicted octanol–water partition coefficient (Wildman–Crippen LogP) is -0.270. The van der Waals surface area contributed by atoms with Gasteiger partial charge >= 0.3 is 0 Å². The zero-order valence-electron chi connectivity index (χ0n) is 5.83. The van der Waals surface area contributed by atoms with E-state index >= 15 is 0 Å². The average Bonchev–Trinajstić information content (AvgIpc) is 1.97. The van der Waals surface area contributed by atoms with Crippen molar-refractivity contribution in [3.05, 3.63) is 12.2 Å². The number of hydrogen-bond donors (Lipinski definition) is 2. The normalized spacial score (nSPS) is 39.4. The van der Waals surface area contributed by atoms with Crippen LogP contribution in [0.25, 0.3) is 0 Å². The molecule has 0 bridgehead atoms. The number of aliphatic hydroxyl groups excluding tert-OH is 2. The summed E-state index contributed by atoms with van der Waals surface area (Å²) in [7, 11) is 5.57. The van der Waals surface area contributed by atoms with E-state index in [1.54, 1.807) is 0 Å². The molecule has 2 nitrogen and oxygen atoms in total. The Morgan fingerprint density at radius 1 is 1.40 bits per heavy atom. The van der Waals surface area contributed by atoms with Crippen LogP contribution >= 0.6 is 0 Å². The third-order valence-corrected chi connectivity index (χ3v) is 2.29. The molecule has 1 saturated carbocycles. The van der Waals surface area contributed by atoms with Crippen LogP contribution < -0.4 is 0 Å². The Kier molecular flexibility index (Phi) is 2.16. The van der Waals surface area contributed by atoms with Crippen LogP contribution in [0, 0.1) is 11.8 Å². The topological polar surface area (TPSA) is 40.5 Å². The highest BCUT2D eigenvalue weighted by Crippen LogP contribution is 2.46. The Morgan fingerprint density at radius 3 is 2.30 bits per heavy atom. The second-order valence-corrected chi connectivity index (χ2v) is 2.74. The molecule has 0 aromatic heterocycles. The van der Waals surface area contributed by atoms with Crippen molar-refractivity contribution in [1.29, 1.82) is 0 Å². The molecule has 1 rings (SSSR count). The second kappa shape index (κ2) is 2.76. The van der Waals surface area contributed by atoms with Crippen molar-refractivity contribution in [3.63, 3.8) is 0 Å². The van der Waals surface area contributed by atoms with Gasteiger partial charge in [-0.1, -0.05) is 18.0 Å². The zero-order valence-corrected chi connectivity index (χ0v) is 5.83. The molecule has 3 atom stereocenters. The summed E-state index contributed by atoms with van der Waals surface area (Å²) < 4.78 is 0. The summed E-state index contributed by atoms with van der Waals surface area (Å²) in [5, 5.41) is 17.5. The monoisotopic (exact) mass is 138 g/mol. The molecular weight excluding hydrogens is 127 g/mol. The van der Waals surface area contributed by atoms with E-state index < -0.39 is 0 Å². The van der Waals surface area contributed by atoms with Crippen LogP contribution in [0.2, 0.25) is 5.82 Å². The van der Waals surface area contributed by atoms with E-state index in [-0.39, 0.29) is 30.9 Å². The van der Waals surface area contributed by atoms with E-state index in [1.165, 1.54) is 0 Å². The summed E-state index contributed by atoms with van der Waals surface area (Å²) in [4.78, 5) is 0. The lowest BCUT2D eigenvalue weighted by Crippen LogP contribution is -2.39. The third-order valence-electron chi connectivity index (χ3n) is 2.29. The molecule has 1 aliphatic rings. The predicted molar refractivity (Wildman–Crippen MR) is 39.8 cm³/mol. The molecule has 2 N–H and O–H groups in total. The van der Waals surface area contributed by atoms with Gasteiger partial charge in [0.05, 0.1) is 7.85 Å². The summed E-state index contributed by atoms with van der Waals surface area (Å²) in [5.41, 5.74) is 0.863. The first kappa shape index (κ1) is 7.83. The Bertz CT molecular complexity index is 147. The Morgan fingerprint density at radius 2 is 2.00 bits per heavy atom. The maximum atomic E-state index is 8.75. The minimum absolute atomic E-state index is 0.0255. The van der Waals surface area contributed by atoms with Crippen molar-refractivity contribution < 1.29 is 10.2 Å². The Hall–Kier alpha value is -0.275. The van der Waals surface area contributed by atoms with E-state index in [2.05, 4.69) is 6.58 Å². The van der Waals surface area contributed by atoms with Gasteiger partial charge in [0.1, 0.15) is 0 Å². The van der Waals surface area contributed by atoms with Gasteiger partial charge in [0, 0.05) is 19.1 Å². The van der Waals surface area contributed by atoms with Gasteiger partial charge in [-0.15, -0.1) is 0 Å². The van der Waals surface area contributed by atoms with E-state index in [0.29, 0.717) is 0 Å². The lowest BCUT2D eigenvalue weighted by molar-refractivity contribution is 0.0968.